The van der Waals surface area contributed by atoms with Gasteiger partial charge in [-0.05, 0) is 44.0 Å². The molecule has 1 amide bonds. The van der Waals surface area contributed by atoms with Gasteiger partial charge in [0.25, 0.3) is 5.91 Å². The monoisotopic (exact) mass is 281 g/mol. The number of hydrogen-bond acceptors (Lipinski definition) is 1. The summed E-state index contributed by atoms with van der Waals surface area (Å²) in [5.41, 5.74) is 2.66. The number of aryl methyl sites for hydroxylation is 1. The summed E-state index contributed by atoms with van der Waals surface area (Å²) in [6.07, 6.45) is 2.79. The van der Waals surface area contributed by atoms with Crippen LogP contribution >= 0.6 is 15.9 Å². The molecule has 1 rings (SSSR count). The third-order valence-electron chi connectivity index (χ3n) is 2.31. The molecule has 0 radical (unpaired) electrons. The van der Waals surface area contributed by atoms with Crippen LogP contribution in [0.3, 0.4) is 0 Å². The predicted octanol–water partition coefficient (Wildman–Crippen LogP) is 4.05. The fraction of sp³-hybridized carbons (Fsp3) is 0.308. The first-order chi connectivity index (χ1) is 7.54. The van der Waals surface area contributed by atoms with Gasteiger partial charge in [0.1, 0.15) is 0 Å². The van der Waals surface area contributed by atoms with Gasteiger partial charge in [-0.3, -0.25) is 4.79 Å². The number of halogens is 1. The van der Waals surface area contributed by atoms with Gasteiger partial charge in [-0.1, -0.05) is 28.9 Å². The summed E-state index contributed by atoms with van der Waals surface area (Å²) in [6.45, 7) is 5.81. The molecule has 0 heterocycles. The van der Waals surface area contributed by atoms with Gasteiger partial charge in [0.15, 0.2) is 0 Å². The van der Waals surface area contributed by atoms with Crippen molar-refractivity contribution in [3.63, 3.8) is 0 Å². The van der Waals surface area contributed by atoms with Crippen LogP contribution < -0.4 is 5.32 Å². The predicted molar refractivity (Wildman–Crippen MR) is 71.6 cm³/mol. The first-order valence-electron chi connectivity index (χ1n) is 5.29. The summed E-state index contributed by atoms with van der Waals surface area (Å²) >= 11 is 3.39. The Kier molecular flexibility index (Phi) is 4.74. The molecule has 3 heteroatoms. The van der Waals surface area contributed by atoms with Crippen LogP contribution in [0, 0.1) is 6.92 Å². The van der Waals surface area contributed by atoms with Gasteiger partial charge >= 0.3 is 0 Å². The Balaban J connectivity index is 2.81. The maximum atomic E-state index is 11.7. The van der Waals surface area contributed by atoms with Crippen molar-refractivity contribution in [3.05, 3.63) is 39.9 Å². The zero-order valence-corrected chi connectivity index (χ0v) is 11.4. The van der Waals surface area contributed by atoms with Gasteiger partial charge in [-0.15, -0.1) is 0 Å². The highest BCUT2D eigenvalue weighted by Gasteiger charge is 2.06. The number of benzene rings is 1. The SMILES string of the molecule is CC/C=C(\C)C(=O)Nc1ccc(Br)cc1C. The van der Waals surface area contributed by atoms with E-state index in [1.165, 1.54) is 0 Å². The molecule has 1 N–H and O–H groups in total. The minimum absolute atomic E-state index is 0.0349. The van der Waals surface area contributed by atoms with Crippen molar-refractivity contribution in [2.24, 2.45) is 0 Å². The molecule has 0 atom stereocenters. The van der Waals surface area contributed by atoms with Gasteiger partial charge in [-0.2, -0.15) is 0 Å². The number of amides is 1. The van der Waals surface area contributed by atoms with Gasteiger partial charge in [0.05, 0.1) is 0 Å². The molecule has 0 fully saturated rings. The van der Waals surface area contributed by atoms with E-state index in [2.05, 4.69) is 21.2 Å². The highest BCUT2D eigenvalue weighted by atomic mass is 79.9. The number of nitrogens with one attached hydrogen (secondary N) is 1. The van der Waals surface area contributed by atoms with E-state index < -0.39 is 0 Å². The fourth-order valence-electron chi connectivity index (χ4n) is 1.39. The maximum absolute atomic E-state index is 11.7. The largest absolute Gasteiger partial charge is 0.322 e. The summed E-state index contributed by atoms with van der Waals surface area (Å²) in [5, 5.41) is 2.89. The lowest BCUT2D eigenvalue weighted by atomic mass is 10.2. The third-order valence-corrected chi connectivity index (χ3v) is 2.80. The number of carbonyl (C=O) groups excluding carboxylic acids is 1. The molecule has 0 aliphatic carbocycles. The normalized spacial score (nSPS) is 11.4. The minimum atomic E-state index is -0.0349. The second kappa shape index (κ2) is 5.85. The second-order valence-corrected chi connectivity index (χ2v) is 4.62. The Bertz CT molecular complexity index is 424. The molecule has 0 aliphatic rings. The topological polar surface area (TPSA) is 29.1 Å². The van der Waals surface area contributed by atoms with Gasteiger partial charge < -0.3 is 5.32 Å². The Morgan fingerprint density at radius 1 is 1.50 bits per heavy atom. The lowest BCUT2D eigenvalue weighted by Crippen LogP contribution is -2.13. The van der Waals surface area contributed by atoms with E-state index in [-0.39, 0.29) is 5.91 Å². The van der Waals surface area contributed by atoms with Gasteiger partial charge in [0.2, 0.25) is 0 Å². The molecule has 0 aliphatic heterocycles. The van der Waals surface area contributed by atoms with Crippen LogP contribution in [0.4, 0.5) is 5.69 Å². The van der Waals surface area contributed by atoms with Crippen molar-refractivity contribution in [2.45, 2.75) is 27.2 Å². The quantitative estimate of drug-likeness (QED) is 0.832. The van der Waals surface area contributed by atoms with Crippen LogP contribution in [-0.2, 0) is 4.79 Å². The van der Waals surface area contributed by atoms with Crippen molar-refractivity contribution >= 4 is 27.5 Å². The summed E-state index contributed by atoms with van der Waals surface area (Å²) in [4.78, 5) is 11.7. The molecule has 0 bridgehead atoms. The smallest absolute Gasteiger partial charge is 0.250 e. The standard InChI is InChI=1S/C13H16BrNO/c1-4-5-9(2)13(16)15-12-7-6-11(14)8-10(12)3/h5-8H,4H2,1-3H3,(H,15,16)/b9-5+. The lowest BCUT2D eigenvalue weighted by Gasteiger charge is -2.08. The van der Waals surface area contributed by atoms with E-state index >= 15 is 0 Å². The molecule has 0 spiro atoms. The average molecular weight is 282 g/mol. The number of anilines is 1. The van der Waals surface area contributed by atoms with Gasteiger partial charge in [-0.25, -0.2) is 0 Å². The molecule has 1 aromatic carbocycles. The molecule has 0 aromatic heterocycles. The molecule has 1 aromatic rings. The minimum Gasteiger partial charge on any atom is -0.322 e. The van der Waals surface area contributed by atoms with Crippen LogP contribution in [0.5, 0.6) is 0 Å². The zero-order chi connectivity index (χ0) is 12.1. The second-order valence-electron chi connectivity index (χ2n) is 3.71. The van der Waals surface area contributed by atoms with Crippen LogP contribution in [-0.4, -0.2) is 5.91 Å². The van der Waals surface area contributed by atoms with E-state index in [1.807, 2.05) is 45.0 Å². The molecule has 0 unspecified atom stereocenters. The Labute approximate surface area is 105 Å². The average Bonchev–Trinajstić information content (AvgIpc) is 2.22. The molecule has 16 heavy (non-hydrogen) atoms. The summed E-state index contributed by atoms with van der Waals surface area (Å²) in [6, 6.07) is 5.80. The Morgan fingerprint density at radius 3 is 2.75 bits per heavy atom. The van der Waals surface area contributed by atoms with Crippen LogP contribution in [0.15, 0.2) is 34.3 Å². The number of rotatable bonds is 3. The third kappa shape index (κ3) is 3.49. The van der Waals surface area contributed by atoms with Crippen LogP contribution in [0.2, 0.25) is 0 Å². The molecular weight excluding hydrogens is 266 g/mol. The Hall–Kier alpha value is -1.09. The lowest BCUT2D eigenvalue weighted by molar-refractivity contribution is -0.112. The maximum Gasteiger partial charge on any atom is 0.250 e. The summed E-state index contributed by atoms with van der Waals surface area (Å²) in [5.74, 6) is -0.0349. The Morgan fingerprint density at radius 2 is 2.19 bits per heavy atom. The highest BCUT2D eigenvalue weighted by Crippen LogP contribution is 2.20. The molecule has 0 saturated heterocycles. The van der Waals surface area contributed by atoms with E-state index in [1.54, 1.807) is 0 Å². The molecular formula is C13H16BrNO. The van der Waals surface area contributed by atoms with Crippen LogP contribution in [0.1, 0.15) is 25.8 Å². The number of carbonyl (C=O) groups is 1. The van der Waals surface area contributed by atoms with Crippen molar-refractivity contribution < 1.29 is 4.79 Å². The zero-order valence-electron chi connectivity index (χ0n) is 9.80. The van der Waals surface area contributed by atoms with E-state index in [0.717, 1.165) is 27.7 Å². The van der Waals surface area contributed by atoms with E-state index in [9.17, 15) is 4.79 Å². The number of hydrogen-bond donors (Lipinski definition) is 1. The van der Waals surface area contributed by atoms with Crippen molar-refractivity contribution in [2.75, 3.05) is 5.32 Å². The van der Waals surface area contributed by atoms with Crippen molar-refractivity contribution in [3.8, 4) is 0 Å². The summed E-state index contributed by atoms with van der Waals surface area (Å²) in [7, 11) is 0. The number of allylic oxidation sites excluding steroid dienone is 1. The van der Waals surface area contributed by atoms with Crippen molar-refractivity contribution in [1.82, 2.24) is 0 Å². The fourth-order valence-corrected chi connectivity index (χ4v) is 1.86. The van der Waals surface area contributed by atoms with E-state index in [4.69, 9.17) is 0 Å². The first-order valence-corrected chi connectivity index (χ1v) is 6.08. The van der Waals surface area contributed by atoms with Gasteiger partial charge in [0, 0.05) is 15.7 Å². The molecule has 2 nitrogen and oxygen atoms in total. The van der Waals surface area contributed by atoms with Crippen LogP contribution in [0.25, 0.3) is 0 Å². The highest BCUT2D eigenvalue weighted by molar-refractivity contribution is 9.10. The summed E-state index contributed by atoms with van der Waals surface area (Å²) < 4.78 is 1.02. The van der Waals surface area contributed by atoms with Crippen molar-refractivity contribution in [1.29, 1.82) is 0 Å². The molecule has 0 saturated carbocycles. The molecule has 86 valence electrons. The first kappa shape index (κ1) is 13.0. The van der Waals surface area contributed by atoms with E-state index in [0.29, 0.717) is 0 Å².